The molecule has 0 aromatic heterocycles. The average molecular weight is 569 g/mol. The van der Waals surface area contributed by atoms with Crippen molar-refractivity contribution in [2.45, 2.75) is 83.5 Å². The van der Waals surface area contributed by atoms with Crippen LogP contribution in [0.15, 0.2) is 60.7 Å². The van der Waals surface area contributed by atoms with E-state index in [4.69, 9.17) is 5.73 Å². The van der Waals surface area contributed by atoms with Crippen LogP contribution in [-0.2, 0) is 27.2 Å². The predicted octanol–water partition coefficient (Wildman–Crippen LogP) is 2.78. The second-order valence-electron chi connectivity index (χ2n) is 10.9. The molecule has 7 N–H and O–H groups in total. The maximum atomic E-state index is 14.0. The SMILES string of the molecule is CC[C@H](C)[C@H](NC(=O)[C@@H](NC(=O)[C@@](Cc1ccccc1)(NC(=O)O)[C@H](O)CCCc1ccccc1)C(C)C)C(N)=O. The molecule has 41 heavy (non-hydrogen) atoms. The Morgan fingerprint density at radius 2 is 1.44 bits per heavy atom. The van der Waals surface area contributed by atoms with Gasteiger partial charge in [0.15, 0.2) is 5.54 Å². The summed E-state index contributed by atoms with van der Waals surface area (Å²) >= 11 is 0. The summed E-state index contributed by atoms with van der Waals surface area (Å²) in [6.45, 7) is 7.08. The lowest BCUT2D eigenvalue weighted by Crippen LogP contribution is -2.69. The number of aliphatic hydroxyl groups excluding tert-OH is 1. The smallest absolute Gasteiger partial charge is 0.405 e. The van der Waals surface area contributed by atoms with E-state index in [1.807, 2.05) is 37.3 Å². The van der Waals surface area contributed by atoms with E-state index in [1.165, 1.54) is 0 Å². The van der Waals surface area contributed by atoms with Crippen molar-refractivity contribution in [1.82, 2.24) is 16.0 Å². The van der Waals surface area contributed by atoms with Gasteiger partial charge in [0.05, 0.1) is 6.10 Å². The molecular weight excluding hydrogens is 524 g/mol. The maximum Gasteiger partial charge on any atom is 0.405 e. The minimum Gasteiger partial charge on any atom is -0.465 e. The highest BCUT2D eigenvalue weighted by atomic mass is 16.4. The minimum atomic E-state index is -2.00. The summed E-state index contributed by atoms with van der Waals surface area (Å²) in [6, 6.07) is 16.3. The highest BCUT2D eigenvalue weighted by Gasteiger charge is 2.48. The van der Waals surface area contributed by atoms with Crippen LogP contribution in [0.4, 0.5) is 4.79 Å². The van der Waals surface area contributed by atoms with Gasteiger partial charge in [0.25, 0.3) is 0 Å². The molecule has 0 aliphatic carbocycles. The highest BCUT2D eigenvalue weighted by molar-refractivity contribution is 5.96. The van der Waals surface area contributed by atoms with Crippen LogP contribution in [0.25, 0.3) is 0 Å². The van der Waals surface area contributed by atoms with Crippen LogP contribution in [-0.4, -0.2) is 57.8 Å². The van der Waals surface area contributed by atoms with E-state index in [2.05, 4.69) is 16.0 Å². The lowest BCUT2D eigenvalue weighted by atomic mass is 9.81. The van der Waals surface area contributed by atoms with Gasteiger partial charge in [0.1, 0.15) is 12.1 Å². The lowest BCUT2D eigenvalue weighted by molar-refractivity contribution is -0.138. The summed E-state index contributed by atoms with van der Waals surface area (Å²) in [5.74, 6) is -2.83. The number of benzene rings is 2. The summed E-state index contributed by atoms with van der Waals surface area (Å²) in [5.41, 5.74) is 5.19. The second kappa shape index (κ2) is 15.8. The van der Waals surface area contributed by atoms with Gasteiger partial charge in [-0.15, -0.1) is 0 Å². The molecule has 0 aliphatic heterocycles. The number of hydrogen-bond donors (Lipinski definition) is 6. The second-order valence-corrected chi connectivity index (χ2v) is 10.9. The standard InChI is InChI=1S/C31H44N4O6/c1-5-21(4)26(27(32)37)33-28(38)25(20(2)3)34-29(39)31(35-30(40)41,19-23-15-10-7-11-16-23)24(36)18-12-17-22-13-8-6-9-14-22/h6-11,13-16,20-21,24-26,35-36H,5,12,17-19H2,1-4H3,(H2,32,37)(H,33,38)(H,34,39)(H,40,41)/t21-,24+,25-,26-,31-/m0/s1. The van der Waals surface area contributed by atoms with Crippen molar-refractivity contribution in [2.75, 3.05) is 0 Å². The van der Waals surface area contributed by atoms with E-state index in [-0.39, 0.29) is 18.8 Å². The maximum absolute atomic E-state index is 14.0. The van der Waals surface area contributed by atoms with Crippen LogP contribution in [0.5, 0.6) is 0 Å². The zero-order chi connectivity index (χ0) is 30.6. The molecule has 0 heterocycles. The van der Waals surface area contributed by atoms with Crippen molar-refractivity contribution in [3.8, 4) is 0 Å². The fourth-order valence-corrected chi connectivity index (χ4v) is 4.81. The van der Waals surface area contributed by atoms with Crippen molar-refractivity contribution in [2.24, 2.45) is 17.6 Å². The number of nitrogens with two attached hydrogens (primary N) is 1. The Labute approximate surface area is 242 Å². The minimum absolute atomic E-state index is 0.117. The zero-order valence-corrected chi connectivity index (χ0v) is 24.3. The molecule has 0 spiro atoms. The number of carboxylic acid groups (broad SMARTS) is 1. The van der Waals surface area contributed by atoms with E-state index in [0.29, 0.717) is 24.8 Å². The summed E-state index contributed by atoms with van der Waals surface area (Å²) in [4.78, 5) is 51.5. The first kappa shape index (κ1) is 33.3. The van der Waals surface area contributed by atoms with Crippen LogP contribution in [0, 0.1) is 11.8 Å². The number of amides is 4. The first-order chi connectivity index (χ1) is 19.4. The molecule has 0 saturated heterocycles. The number of aliphatic hydroxyl groups is 1. The first-order valence-electron chi connectivity index (χ1n) is 14.1. The number of hydrogen-bond acceptors (Lipinski definition) is 5. The third-order valence-corrected chi connectivity index (χ3v) is 7.47. The number of carbonyl (C=O) groups excluding carboxylic acids is 3. The van der Waals surface area contributed by atoms with Crippen LogP contribution in [0.2, 0.25) is 0 Å². The number of primary amides is 1. The molecule has 0 saturated carbocycles. The monoisotopic (exact) mass is 568 g/mol. The van der Waals surface area contributed by atoms with Gasteiger partial charge in [-0.1, -0.05) is 94.8 Å². The molecule has 4 amide bonds. The van der Waals surface area contributed by atoms with Gasteiger partial charge in [0, 0.05) is 6.42 Å². The molecule has 2 aromatic rings. The summed E-state index contributed by atoms with van der Waals surface area (Å²) in [7, 11) is 0. The molecule has 10 nitrogen and oxygen atoms in total. The molecule has 0 aliphatic rings. The number of nitrogens with one attached hydrogen (secondary N) is 3. The molecule has 0 radical (unpaired) electrons. The van der Waals surface area contributed by atoms with Gasteiger partial charge < -0.3 is 31.9 Å². The van der Waals surface area contributed by atoms with Crippen LogP contribution < -0.4 is 21.7 Å². The molecule has 2 rings (SSSR count). The van der Waals surface area contributed by atoms with E-state index in [9.17, 15) is 29.4 Å². The largest absolute Gasteiger partial charge is 0.465 e. The molecule has 0 unspecified atom stereocenters. The fraction of sp³-hybridized carbons (Fsp3) is 0.484. The molecular formula is C31H44N4O6. The van der Waals surface area contributed by atoms with Gasteiger partial charge in [-0.05, 0) is 42.2 Å². The predicted molar refractivity (Wildman–Crippen MR) is 157 cm³/mol. The first-order valence-corrected chi connectivity index (χ1v) is 14.1. The Bertz CT molecular complexity index is 1140. The highest BCUT2D eigenvalue weighted by Crippen LogP contribution is 2.24. The van der Waals surface area contributed by atoms with Gasteiger partial charge in [-0.2, -0.15) is 0 Å². The average Bonchev–Trinajstić information content (AvgIpc) is 2.93. The van der Waals surface area contributed by atoms with E-state index in [0.717, 1.165) is 5.56 Å². The Kier molecular flexibility index (Phi) is 12.8. The van der Waals surface area contributed by atoms with Gasteiger partial charge >= 0.3 is 6.09 Å². The Morgan fingerprint density at radius 3 is 1.93 bits per heavy atom. The van der Waals surface area contributed by atoms with Crippen molar-refractivity contribution < 1.29 is 29.4 Å². The lowest BCUT2D eigenvalue weighted by Gasteiger charge is -2.38. The Morgan fingerprint density at radius 1 is 0.878 bits per heavy atom. The van der Waals surface area contributed by atoms with Gasteiger partial charge in [0.2, 0.25) is 17.7 Å². The van der Waals surface area contributed by atoms with Crippen molar-refractivity contribution in [3.05, 3.63) is 71.8 Å². The zero-order valence-electron chi connectivity index (χ0n) is 24.3. The Balaban J connectivity index is 2.40. The van der Waals surface area contributed by atoms with Crippen LogP contribution in [0.1, 0.15) is 58.1 Å². The van der Waals surface area contributed by atoms with Crippen molar-refractivity contribution in [3.63, 3.8) is 0 Å². The molecule has 0 fully saturated rings. The quantitative estimate of drug-likeness (QED) is 0.182. The molecule has 224 valence electrons. The number of rotatable bonds is 16. The summed E-state index contributed by atoms with van der Waals surface area (Å²) in [5, 5.41) is 28.9. The van der Waals surface area contributed by atoms with E-state index in [1.54, 1.807) is 51.1 Å². The van der Waals surface area contributed by atoms with Crippen molar-refractivity contribution >= 4 is 23.8 Å². The van der Waals surface area contributed by atoms with E-state index >= 15 is 0 Å². The van der Waals surface area contributed by atoms with Crippen LogP contribution in [0.3, 0.4) is 0 Å². The number of aryl methyl sites for hydroxylation is 1. The summed E-state index contributed by atoms with van der Waals surface area (Å²) in [6.07, 6.45) is -1.25. The molecule has 5 atom stereocenters. The third-order valence-electron chi connectivity index (χ3n) is 7.47. The summed E-state index contributed by atoms with van der Waals surface area (Å²) < 4.78 is 0. The van der Waals surface area contributed by atoms with Gasteiger partial charge in [-0.25, -0.2) is 4.79 Å². The number of carbonyl (C=O) groups is 4. The van der Waals surface area contributed by atoms with Crippen LogP contribution >= 0.6 is 0 Å². The topological polar surface area (TPSA) is 171 Å². The van der Waals surface area contributed by atoms with E-state index < -0.39 is 53.5 Å². The molecule has 0 bridgehead atoms. The third kappa shape index (κ3) is 9.60. The molecule has 2 aromatic carbocycles. The molecule has 10 heteroatoms. The fourth-order valence-electron chi connectivity index (χ4n) is 4.81. The van der Waals surface area contributed by atoms with Gasteiger partial charge in [-0.3, -0.25) is 14.4 Å². The van der Waals surface area contributed by atoms with Crippen molar-refractivity contribution in [1.29, 1.82) is 0 Å². The normalized spacial score (nSPS) is 15.6. The Hall–Kier alpha value is -3.92.